The van der Waals surface area contributed by atoms with Crippen molar-refractivity contribution in [2.24, 2.45) is 0 Å². The Morgan fingerprint density at radius 1 is 1.62 bits per heavy atom. The zero-order valence-corrected chi connectivity index (χ0v) is 7.95. The van der Waals surface area contributed by atoms with Crippen LogP contribution in [0.2, 0.25) is 0 Å². The topological polar surface area (TPSA) is 86.4 Å². The van der Waals surface area contributed by atoms with E-state index in [4.69, 9.17) is 20.4 Å². The van der Waals surface area contributed by atoms with Gasteiger partial charge in [0.15, 0.2) is 0 Å². The van der Waals surface area contributed by atoms with Gasteiger partial charge in [0.05, 0.1) is 5.09 Å². The zero-order chi connectivity index (χ0) is 6.28. The molecule has 1 N–H and O–H groups in total. The van der Waals surface area contributed by atoms with E-state index in [1.807, 2.05) is 0 Å². The van der Waals surface area contributed by atoms with E-state index in [-0.39, 0.29) is 58.0 Å². The fourth-order valence-electron chi connectivity index (χ4n) is 0. The van der Waals surface area contributed by atoms with Crippen molar-refractivity contribution in [2.45, 2.75) is 6.92 Å². The Kier molecular flexibility index (Phi) is 31.1. The molecule has 0 fully saturated rings. The predicted molar refractivity (Wildman–Crippen MR) is 23.1 cm³/mol. The van der Waals surface area contributed by atoms with Crippen LogP contribution in [0.3, 0.4) is 0 Å². The van der Waals surface area contributed by atoms with Crippen molar-refractivity contribution in [2.75, 3.05) is 6.61 Å². The summed E-state index contributed by atoms with van der Waals surface area (Å²) in [5, 5.41) is 22.3. The summed E-state index contributed by atoms with van der Waals surface area (Å²) in [5.41, 5.74) is 0. The largest absolute Gasteiger partial charge is 1.00 e. The van der Waals surface area contributed by atoms with Crippen LogP contribution < -0.4 is 51.4 Å². The smallest absolute Gasteiger partial charge is 0.397 e. The van der Waals surface area contributed by atoms with Gasteiger partial charge in [-0.1, -0.05) is 0 Å². The number of hydrogen-bond donors (Lipinski definition) is 1. The average Bonchev–Trinajstić information content (AvgIpc) is 1.33. The fraction of sp³-hybridized carbons (Fsp3) is 1.00. The van der Waals surface area contributed by atoms with Gasteiger partial charge < -0.3 is 20.4 Å². The van der Waals surface area contributed by atoms with Crippen molar-refractivity contribution in [1.29, 1.82) is 0 Å². The Morgan fingerprint density at radius 2 is 1.62 bits per heavy atom. The Labute approximate surface area is 89.2 Å². The minimum Gasteiger partial charge on any atom is -0.397 e. The molecule has 6 heteroatoms. The molecule has 0 unspecified atom stereocenters. The zero-order valence-electron chi connectivity index (χ0n) is 4.83. The first-order valence-electron chi connectivity index (χ1n) is 1.57. The third-order valence-corrected chi connectivity index (χ3v) is 0. The molecule has 0 saturated heterocycles. The van der Waals surface area contributed by atoms with Crippen LogP contribution >= 0.6 is 0 Å². The van der Waals surface area contributed by atoms with E-state index in [0.717, 1.165) is 0 Å². The molecule has 0 aromatic rings. The molecule has 0 atom stereocenters. The summed E-state index contributed by atoms with van der Waals surface area (Å²) in [6, 6.07) is 0. The van der Waals surface area contributed by atoms with Gasteiger partial charge in [-0.15, -0.1) is 0 Å². The van der Waals surface area contributed by atoms with Gasteiger partial charge in [-0.05, 0) is 6.92 Å². The molecule has 0 bridgehead atoms. The summed E-state index contributed by atoms with van der Waals surface area (Å²) in [7, 11) is 0. The molecule has 0 aliphatic heterocycles. The van der Waals surface area contributed by atoms with Crippen molar-refractivity contribution in [1.82, 2.24) is 0 Å². The number of nitrogens with zero attached hydrogens (tertiary/aromatic N) is 1. The Hall–Kier alpha value is 0.796. The summed E-state index contributed by atoms with van der Waals surface area (Å²) < 4.78 is 0. The predicted octanol–water partition coefficient (Wildman–Crippen LogP) is -3.24. The average molecular weight is 147 g/mol. The molecule has 0 aliphatic carbocycles. The molecule has 0 radical (unpaired) electrons. The van der Waals surface area contributed by atoms with Crippen LogP contribution in [0.15, 0.2) is 0 Å². The van der Waals surface area contributed by atoms with E-state index < -0.39 is 5.09 Å². The monoisotopic (exact) mass is 147 g/mol. The van der Waals surface area contributed by atoms with Crippen molar-refractivity contribution < 1.29 is 61.6 Å². The molecule has 0 heterocycles. The summed E-state index contributed by atoms with van der Waals surface area (Å²) in [6.45, 7) is 1.93. The molecule has 0 aromatic heterocycles. The maximum atomic E-state index is 8.25. The summed E-state index contributed by atoms with van der Waals surface area (Å²) >= 11 is 0. The summed E-state index contributed by atoms with van der Waals surface area (Å²) in [5.74, 6) is 0. The summed E-state index contributed by atoms with van der Waals surface area (Å²) in [6.07, 6.45) is 0. The maximum Gasteiger partial charge on any atom is 1.00 e. The molecule has 0 aromatic carbocycles. The number of rotatable bonds is 0. The van der Waals surface area contributed by atoms with E-state index in [1.54, 1.807) is 6.92 Å². The van der Waals surface area contributed by atoms with Gasteiger partial charge >= 0.3 is 51.4 Å². The van der Waals surface area contributed by atoms with E-state index in [9.17, 15) is 0 Å². The standard InChI is InChI=1S/C2H6O.K.NO3/c1-2-3;;2-1(3)4/h3H,2H2,1H3;;/q;+1;-1. The Morgan fingerprint density at radius 3 is 1.62 bits per heavy atom. The van der Waals surface area contributed by atoms with Crippen molar-refractivity contribution in [3.8, 4) is 0 Å². The van der Waals surface area contributed by atoms with Crippen LogP contribution in [0.5, 0.6) is 0 Å². The number of aliphatic hydroxyl groups excluding tert-OH is 1. The van der Waals surface area contributed by atoms with Crippen LogP contribution in [-0.2, 0) is 0 Å². The van der Waals surface area contributed by atoms with Crippen molar-refractivity contribution in [3.05, 3.63) is 15.3 Å². The first-order valence-corrected chi connectivity index (χ1v) is 1.57. The Balaban J connectivity index is -0.0000000575. The molecular formula is C2H6KNO4. The minimum absolute atomic E-state index is 0. The van der Waals surface area contributed by atoms with E-state index in [2.05, 4.69) is 0 Å². The second-order valence-electron chi connectivity index (χ2n) is 0.540. The third-order valence-electron chi connectivity index (χ3n) is 0. The number of hydrogen-bond acceptors (Lipinski definition) is 4. The summed E-state index contributed by atoms with van der Waals surface area (Å²) in [4.78, 5) is 8.25. The maximum absolute atomic E-state index is 8.25. The van der Waals surface area contributed by atoms with Gasteiger partial charge in [0, 0.05) is 6.61 Å². The van der Waals surface area contributed by atoms with Crippen LogP contribution in [0.4, 0.5) is 0 Å². The molecule has 5 nitrogen and oxygen atoms in total. The second-order valence-corrected chi connectivity index (χ2v) is 0.540. The molecule has 0 spiro atoms. The third kappa shape index (κ3) is 360. The molecule has 8 heavy (non-hydrogen) atoms. The van der Waals surface area contributed by atoms with E-state index >= 15 is 0 Å². The van der Waals surface area contributed by atoms with Crippen LogP contribution in [0.1, 0.15) is 6.92 Å². The van der Waals surface area contributed by atoms with Gasteiger partial charge in [-0.25, -0.2) is 0 Å². The minimum atomic E-state index is -1.75. The molecule has 44 valence electrons. The first kappa shape index (κ1) is 15.9. The number of aliphatic hydroxyl groups is 1. The first-order chi connectivity index (χ1) is 3.15. The van der Waals surface area contributed by atoms with Crippen LogP contribution in [-0.4, -0.2) is 16.8 Å². The second kappa shape index (κ2) is 15.7. The fourth-order valence-corrected chi connectivity index (χ4v) is 0. The quantitative estimate of drug-likeness (QED) is 0.222. The molecular weight excluding hydrogens is 141 g/mol. The van der Waals surface area contributed by atoms with Gasteiger partial charge in [-0.3, -0.25) is 0 Å². The van der Waals surface area contributed by atoms with Gasteiger partial charge in [0.25, 0.3) is 0 Å². The van der Waals surface area contributed by atoms with Crippen LogP contribution in [0.25, 0.3) is 0 Å². The van der Waals surface area contributed by atoms with Crippen molar-refractivity contribution >= 4 is 0 Å². The molecule has 0 aliphatic rings. The Bertz CT molecular complexity index is 45.3. The van der Waals surface area contributed by atoms with E-state index in [0.29, 0.717) is 0 Å². The SMILES string of the molecule is CCO.O=[N+]([O-])[O-].[K+]. The van der Waals surface area contributed by atoms with Gasteiger partial charge in [0.1, 0.15) is 0 Å². The molecule has 0 amide bonds. The normalized spacial score (nSPS) is 5.25. The molecule has 0 rings (SSSR count). The molecule has 0 saturated carbocycles. The van der Waals surface area contributed by atoms with Gasteiger partial charge in [-0.2, -0.15) is 0 Å². The van der Waals surface area contributed by atoms with Crippen molar-refractivity contribution in [3.63, 3.8) is 0 Å². The van der Waals surface area contributed by atoms with Gasteiger partial charge in [0.2, 0.25) is 0 Å². The van der Waals surface area contributed by atoms with Crippen LogP contribution in [0, 0.1) is 15.3 Å². The van der Waals surface area contributed by atoms with E-state index in [1.165, 1.54) is 0 Å².